The molecule has 2 nitrogen and oxygen atoms in total. The fourth-order valence-corrected chi connectivity index (χ4v) is 1.52. The molecule has 0 spiro atoms. The molecule has 0 aliphatic rings. The van der Waals surface area contributed by atoms with Gasteiger partial charge in [0, 0.05) is 12.1 Å². The van der Waals surface area contributed by atoms with Crippen LogP contribution < -0.4 is 0 Å². The van der Waals surface area contributed by atoms with Crippen LogP contribution in [0.5, 0.6) is 0 Å². The van der Waals surface area contributed by atoms with Gasteiger partial charge in [0.25, 0.3) is 0 Å². The van der Waals surface area contributed by atoms with Crippen molar-refractivity contribution in [3.63, 3.8) is 0 Å². The van der Waals surface area contributed by atoms with Gasteiger partial charge in [0.2, 0.25) is 5.91 Å². The number of nitrogens with zero attached hydrogens (tertiary/aromatic N) is 1. The van der Waals surface area contributed by atoms with E-state index in [1.807, 2.05) is 31.2 Å². The molecule has 1 rings (SSSR count). The van der Waals surface area contributed by atoms with Gasteiger partial charge in [0.15, 0.2) is 0 Å². The Balaban J connectivity index is 2.89. The van der Waals surface area contributed by atoms with Gasteiger partial charge in [-0.25, -0.2) is 0 Å². The van der Waals surface area contributed by atoms with E-state index in [-0.39, 0.29) is 11.9 Å². The Hall–Kier alpha value is -1.28. The van der Waals surface area contributed by atoms with Gasteiger partial charge in [0.05, 0.1) is 6.04 Å². The average Bonchev–Trinajstić information content (AvgIpc) is 2.26. The van der Waals surface area contributed by atoms with Gasteiger partial charge in [-0.2, -0.15) is 0 Å². The molecule has 0 N–H and O–H groups in total. The zero-order chi connectivity index (χ0) is 11.4. The topological polar surface area (TPSA) is 20.3 Å². The lowest BCUT2D eigenvalue weighted by Crippen LogP contribution is -2.27. The van der Waals surface area contributed by atoms with Gasteiger partial charge in [-0.15, -0.1) is 0 Å². The van der Waals surface area contributed by atoms with Crippen LogP contribution >= 0.6 is 11.6 Å². The first-order chi connectivity index (χ1) is 7.06. The van der Waals surface area contributed by atoms with Crippen molar-refractivity contribution in [2.45, 2.75) is 13.0 Å². The van der Waals surface area contributed by atoms with Crippen LogP contribution in [0.25, 0.3) is 0 Å². The minimum Gasteiger partial charge on any atom is -0.335 e. The van der Waals surface area contributed by atoms with Crippen LogP contribution in [-0.2, 0) is 4.79 Å². The zero-order valence-corrected chi connectivity index (χ0v) is 9.66. The highest BCUT2D eigenvalue weighted by Gasteiger charge is 2.14. The Morgan fingerprint density at radius 3 is 2.80 bits per heavy atom. The van der Waals surface area contributed by atoms with Crippen molar-refractivity contribution in [1.29, 1.82) is 0 Å². The number of halogens is 1. The molecule has 3 heteroatoms. The van der Waals surface area contributed by atoms with Crippen LogP contribution in [0.15, 0.2) is 36.9 Å². The van der Waals surface area contributed by atoms with Crippen LogP contribution in [0, 0.1) is 0 Å². The van der Waals surface area contributed by atoms with Gasteiger partial charge in [-0.3, -0.25) is 4.79 Å². The van der Waals surface area contributed by atoms with E-state index in [1.54, 1.807) is 11.9 Å². The lowest BCUT2D eigenvalue weighted by atomic mass is 10.1. The Bertz CT molecular complexity index is 376. The van der Waals surface area contributed by atoms with Gasteiger partial charge in [0.1, 0.15) is 0 Å². The van der Waals surface area contributed by atoms with E-state index < -0.39 is 0 Å². The summed E-state index contributed by atoms with van der Waals surface area (Å²) in [5.74, 6) is -0.0949. The maximum absolute atomic E-state index is 11.4. The van der Waals surface area contributed by atoms with Gasteiger partial charge >= 0.3 is 0 Å². The first kappa shape index (κ1) is 11.8. The summed E-state index contributed by atoms with van der Waals surface area (Å²) in [4.78, 5) is 13.0. The molecule has 0 aromatic heterocycles. The number of rotatable bonds is 3. The van der Waals surface area contributed by atoms with Gasteiger partial charge < -0.3 is 4.90 Å². The minimum absolute atomic E-state index is 0.00537. The number of amides is 1. The molecular weight excluding hydrogens is 210 g/mol. The summed E-state index contributed by atoms with van der Waals surface area (Å²) in [6.45, 7) is 5.41. The molecule has 0 bridgehead atoms. The third kappa shape index (κ3) is 2.83. The molecule has 1 aromatic rings. The number of benzene rings is 1. The van der Waals surface area contributed by atoms with Crippen molar-refractivity contribution in [2.24, 2.45) is 0 Å². The van der Waals surface area contributed by atoms with E-state index >= 15 is 0 Å². The quantitative estimate of drug-likeness (QED) is 0.722. The van der Waals surface area contributed by atoms with E-state index in [0.717, 1.165) is 5.56 Å². The molecule has 15 heavy (non-hydrogen) atoms. The van der Waals surface area contributed by atoms with Crippen molar-refractivity contribution < 1.29 is 4.79 Å². The third-order valence-electron chi connectivity index (χ3n) is 2.43. The molecule has 0 aliphatic carbocycles. The van der Waals surface area contributed by atoms with Crippen molar-refractivity contribution in [3.05, 3.63) is 47.5 Å². The van der Waals surface area contributed by atoms with Gasteiger partial charge in [-0.05, 0) is 30.7 Å². The smallest absolute Gasteiger partial charge is 0.246 e. The van der Waals surface area contributed by atoms with E-state index in [9.17, 15) is 4.79 Å². The Morgan fingerprint density at radius 2 is 2.27 bits per heavy atom. The monoisotopic (exact) mass is 223 g/mol. The van der Waals surface area contributed by atoms with Crippen LogP contribution in [0.2, 0.25) is 5.02 Å². The summed E-state index contributed by atoms with van der Waals surface area (Å²) < 4.78 is 0. The lowest BCUT2D eigenvalue weighted by molar-refractivity contribution is -0.126. The molecular formula is C12H14ClNO. The fraction of sp³-hybridized carbons (Fsp3) is 0.250. The highest BCUT2D eigenvalue weighted by Crippen LogP contribution is 2.21. The summed E-state index contributed by atoms with van der Waals surface area (Å²) in [5, 5.41) is 0.679. The second kappa shape index (κ2) is 4.99. The summed E-state index contributed by atoms with van der Waals surface area (Å²) in [7, 11) is 1.75. The molecule has 0 saturated heterocycles. The van der Waals surface area contributed by atoms with Crippen molar-refractivity contribution in [1.82, 2.24) is 4.90 Å². The predicted molar refractivity (Wildman–Crippen MR) is 62.8 cm³/mol. The normalized spacial score (nSPS) is 11.9. The summed E-state index contributed by atoms with van der Waals surface area (Å²) in [6, 6.07) is 7.49. The van der Waals surface area contributed by atoms with Crippen molar-refractivity contribution in [3.8, 4) is 0 Å². The molecule has 0 heterocycles. The van der Waals surface area contributed by atoms with Crippen LogP contribution in [0.4, 0.5) is 0 Å². The molecule has 0 radical (unpaired) electrons. The van der Waals surface area contributed by atoms with Gasteiger partial charge in [-0.1, -0.05) is 30.3 Å². The van der Waals surface area contributed by atoms with Crippen LogP contribution in [0.3, 0.4) is 0 Å². The summed E-state index contributed by atoms with van der Waals surface area (Å²) >= 11 is 5.88. The molecule has 0 aliphatic heterocycles. The van der Waals surface area contributed by atoms with Crippen LogP contribution in [0.1, 0.15) is 18.5 Å². The summed E-state index contributed by atoms with van der Waals surface area (Å²) in [6.07, 6.45) is 1.31. The Kier molecular flexibility index (Phi) is 3.92. The largest absolute Gasteiger partial charge is 0.335 e. The highest BCUT2D eigenvalue weighted by molar-refractivity contribution is 6.30. The minimum atomic E-state index is -0.0949. The van der Waals surface area contributed by atoms with Crippen molar-refractivity contribution >= 4 is 17.5 Å². The number of carbonyl (C=O) groups excluding carboxylic acids is 1. The first-order valence-corrected chi connectivity index (χ1v) is 5.08. The van der Waals surface area contributed by atoms with Crippen molar-refractivity contribution in [2.75, 3.05) is 7.05 Å². The number of likely N-dealkylation sites (N-methyl/N-ethyl adjacent to an activating group) is 1. The zero-order valence-electron chi connectivity index (χ0n) is 8.90. The standard InChI is InChI=1S/C12H14ClNO/c1-4-12(15)14(3)9(2)10-6-5-7-11(13)8-10/h4-9H,1H2,2-3H3. The number of hydrogen-bond acceptors (Lipinski definition) is 1. The summed E-state index contributed by atoms with van der Waals surface area (Å²) in [5.41, 5.74) is 1.01. The maximum atomic E-state index is 11.4. The highest BCUT2D eigenvalue weighted by atomic mass is 35.5. The second-order valence-electron chi connectivity index (χ2n) is 3.38. The van der Waals surface area contributed by atoms with E-state index in [2.05, 4.69) is 6.58 Å². The molecule has 80 valence electrons. The molecule has 1 atom stereocenters. The number of carbonyl (C=O) groups is 1. The first-order valence-electron chi connectivity index (χ1n) is 4.71. The fourth-order valence-electron chi connectivity index (χ4n) is 1.32. The van der Waals surface area contributed by atoms with E-state index in [4.69, 9.17) is 11.6 Å². The van der Waals surface area contributed by atoms with E-state index in [0.29, 0.717) is 5.02 Å². The molecule has 1 aromatic carbocycles. The average molecular weight is 224 g/mol. The Labute approximate surface area is 95.2 Å². The lowest BCUT2D eigenvalue weighted by Gasteiger charge is -2.24. The molecule has 0 saturated carbocycles. The molecule has 1 amide bonds. The third-order valence-corrected chi connectivity index (χ3v) is 2.67. The molecule has 1 unspecified atom stereocenters. The second-order valence-corrected chi connectivity index (χ2v) is 3.82. The maximum Gasteiger partial charge on any atom is 0.246 e. The van der Waals surface area contributed by atoms with Crippen LogP contribution in [-0.4, -0.2) is 17.9 Å². The number of hydrogen-bond donors (Lipinski definition) is 0. The molecule has 0 fully saturated rings. The Morgan fingerprint density at radius 1 is 1.60 bits per heavy atom. The van der Waals surface area contributed by atoms with E-state index in [1.165, 1.54) is 6.08 Å². The predicted octanol–water partition coefficient (Wildman–Crippen LogP) is 3.05. The SMILES string of the molecule is C=CC(=O)N(C)C(C)c1cccc(Cl)c1.